The maximum atomic E-state index is 4.75. The van der Waals surface area contributed by atoms with E-state index in [1.807, 2.05) is 0 Å². The van der Waals surface area contributed by atoms with Gasteiger partial charge in [0.05, 0.1) is 14.2 Å². The van der Waals surface area contributed by atoms with Crippen LogP contribution in [0.15, 0.2) is 5.16 Å². The molecule has 0 saturated carbocycles. The molecule has 0 aromatic carbocycles. The molecule has 60 valence electrons. The Morgan fingerprint density at radius 3 is 1.82 bits per heavy atom. The summed E-state index contributed by atoms with van der Waals surface area (Å²) in [6.45, 7) is 0. The maximum absolute atomic E-state index is 4.75. The van der Waals surface area contributed by atoms with Crippen molar-refractivity contribution < 1.29 is 9.47 Å². The Balaban J connectivity index is 3.02. The highest BCUT2D eigenvalue weighted by Crippen LogP contribution is 2.10. The number of hydrogen-bond acceptors (Lipinski definition) is 6. The molecule has 1 rings (SSSR count). The van der Waals surface area contributed by atoms with Gasteiger partial charge in [-0.3, -0.25) is 0 Å². The van der Waals surface area contributed by atoms with Crippen LogP contribution in [-0.4, -0.2) is 29.2 Å². The van der Waals surface area contributed by atoms with E-state index in [2.05, 4.69) is 27.6 Å². The molecule has 0 bridgehead atoms. The molecule has 0 unspecified atom stereocenters. The van der Waals surface area contributed by atoms with Gasteiger partial charge in [-0.25, -0.2) is 0 Å². The SMILES string of the molecule is COc1nc(S)nc(OC)n1. The average Bonchev–Trinajstić information content (AvgIpc) is 2.03. The van der Waals surface area contributed by atoms with Gasteiger partial charge in [-0.1, -0.05) is 0 Å². The zero-order valence-electron chi connectivity index (χ0n) is 6.11. The van der Waals surface area contributed by atoms with E-state index in [-0.39, 0.29) is 17.2 Å². The van der Waals surface area contributed by atoms with Gasteiger partial charge in [-0.2, -0.15) is 9.97 Å². The molecule has 0 aliphatic rings. The molecule has 0 spiro atoms. The summed E-state index contributed by atoms with van der Waals surface area (Å²) in [6, 6.07) is 0.392. The van der Waals surface area contributed by atoms with Crippen LogP contribution >= 0.6 is 12.6 Å². The fourth-order valence-corrected chi connectivity index (χ4v) is 0.682. The number of nitrogens with zero attached hydrogens (tertiary/aromatic N) is 3. The maximum Gasteiger partial charge on any atom is 0.323 e. The Morgan fingerprint density at radius 1 is 1.00 bits per heavy atom. The van der Waals surface area contributed by atoms with E-state index in [1.54, 1.807) is 0 Å². The first-order valence-electron chi connectivity index (χ1n) is 2.79. The van der Waals surface area contributed by atoms with Crippen molar-refractivity contribution in [2.75, 3.05) is 14.2 Å². The van der Waals surface area contributed by atoms with Gasteiger partial charge in [0.2, 0.25) is 0 Å². The number of thiol groups is 1. The van der Waals surface area contributed by atoms with Gasteiger partial charge in [0.1, 0.15) is 0 Å². The van der Waals surface area contributed by atoms with Crippen LogP contribution in [0.3, 0.4) is 0 Å². The van der Waals surface area contributed by atoms with Crippen molar-refractivity contribution in [1.29, 1.82) is 0 Å². The molecule has 0 radical (unpaired) electrons. The van der Waals surface area contributed by atoms with E-state index < -0.39 is 0 Å². The molecule has 6 heteroatoms. The zero-order valence-corrected chi connectivity index (χ0v) is 7.00. The van der Waals surface area contributed by atoms with Crippen LogP contribution in [0.4, 0.5) is 0 Å². The standard InChI is InChI=1S/C5H7N3O2S/c1-9-3-6-4(10-2)8-5(11)7-3/h1-2H3,(H,6,7,8,11). The smallest absolute Gasteiger partial charge is 0.323 e. The Labute approximate surface area is 69.2 Å². The quantitative estimate of drug-likeness (QED) is 0.646. The number of hydrogen-bond donors (Lipinski definition) is 1. The molecule has 0 aliphatic heterocycles. The predicted octanol–water partition coefficient (Wildman–Crippen LogP) is 0.177. The summed E-state index contributed by atoms with van der Waals surface area (Å²) in [5.74, 6) is 0. The van der Waals surface area contributed by atoms with Gasteiger partial charge >= 0.3 is 12.0 Å². The van der Waals surface area contributed by atoms with Crippen molar-refractivity contribution in [3.63, 3.8) is 0 Å². The van der Waals surface area contributed by atoms with Crippen LogP contribution in [0.5, 0.6) is 12.0 Å². The molecule has 5 nitrogen and oxygen atoms in total. The van der Waals surface area contributed by atoms with Crippen LogP contribution in [0.2, 0.25) is 0 Å². The molecule has 11 heavy (non-hydrogen) atoms. The van der Waals surface area contributed by atoms with Crippen LogP contribution < -0.4 is 9.47 Å². The van der Waals surface area contributed by atoms with Gasteiger partial charge in [0.15, 0.2) is 5.16 Å². The Hall–Kier alpha value is -1.04. The number of methoxy groups -OCH3 is 2. The van der Waals surface area contributed by atoms with E-state index in [9.17, 15) is 0 Å². The molecule has 0 saturated heterocycles. The second-order valence-electron chi connectivity index (χ2n) is 1.61. The summed E-state index contributed by atoms with van der Waals surface area (Å²) < 4.78 is 9.49. The number of aromatic nitrogens is 3. The molecule has 0 atom stereocenters. The van der Waals surface area contributed by atoms with Gasteiger partial charge in [-0.15, -0.1) is 17.6 Å². The zero-order chi connectivity index (χ0) is 8.27. The molecule has 0 amide bonds. The minimum atomic E-state index is 0.196. The van der Waals surface area contributed by atoms with Crippen LogP contribution in [0.25, 0.3) is 0 Å². The van der Waals surface area contributed by atoms with Gasteiger partial charge in [-0.05, 0) is 0 Å². The normalized spacial score (nSPS) is 9.36. The van der Waals surface area contributed by atoms with Crippen molar-refractivity contribution in [3.05, 3.63) is 0 Å². The first kappa shape index (κ1) is 8.06. The molecular formula is C5H7N3O2S. The lowest BCUT2D eigenvalue weighted by Gasteiger charge is -2.00. The lowest BCUT2D eigenvalue weighted by atomic mass is 11.0. The average molecular weight is 173 g/mol. The summed E-state index contributed by atoms with van der Waals surface area (Å²) in [5, 5.41) is 0.272. The molecule has 0 fully saturated rings. The Kier molecular flexibility index (Phi) is 2.48. The van der Waals surface area contributed by atoms with Crippen LogP contribution in [0, 0.1) is 0 Å². The predicted molar refractivity (Wildman–Crippen MR) is 40.2 cm³/mol. The fraction of sp³-hybridized carbons (Fsp3) is 0.400. The third-order valence-corrected chi connectivity index (χ3v) is 1.15. The highest BCUT2D eigenvalue weighted by molar-refractivity contribution is 7.80. The van der Waals surface area contributed by atoms with Crippen LogP contribution in [0.1, 0.15) is 0 Å². The lowest BCUT2D eigenvalue weighted by molar-refractivity contribution is 0.332. The van der Waals surface area contributed by atoms with Crippen molar-refractivity contribution in [2.24, 2.45) is 0 Å². The topological polar surface area (TPSA) is 57.1 Å². The van der Waals surface area contributed by atoms with Gasteiger partial charge in [0.25, 0.3) is 0 Å². The molecule has 1 aromatic rings. The largest absolute Gasteiger partial charge is 0.467 e. The second-order valence-corrected chi connectivity index (χ2v) is 2.01. The van der Waals surface area contributed by atoms with Crippen molar-refractivity contribution in [2.45, 2.75) is 5.16 Å². The highest BCUT2D eigenvalue weighted by atomic mass is 32.1. The van der Waals surface area contributed by atoms with Crippen molar-refractivity contribution in [1.82, 2.24) is 15.0 Å². The Morgan fingerprint density at radius 2 is 1.45 bits per heavy atom. The lowest BCUT2D eigenvalue weighted by Crippen LogP contribution is -1.98. The molecule has 0 N–H and O–H groups in total. The first-order valence-corrected chi connectivity index (χ1v) is 3.24. The third kappa shape index (κ3) is 1.94. The summed E-state index contributed by atoms with van der Waals surface area (Å²) in [6.07, 6.45) is 0. The van der Waals surface area contributed by atoms with Crippen molar-refractivity contribution in [3.8, 4) is 12.0 Å². The van der Waals surface area contributed by atoms with E-state index >= 15 is 0 Å². The first-order chi connectivity index (χ1) is 5.26. The van der Waals surface area contributed by atoms with Gasteiger partial charge in [0, 0.05) is 0 Å². The number of rotatable bonds is 2. The summed E-state index contributed by atoms with van der Waals surface area (Å²) >= 11 is 3.91. The van der Waals surface area contributed by atoms with E-state index in [0.29, 0.717) is 0 Å². The molecule has 1 aromatic heterocycles. The number of ether oxygens (including phenoxy) is 2. The van der Waals surface area contributed by atoms with Crippen LogP contribution in [-0.2, 0) is 0 Å². The van der Waals surface area contributed by atoms with E-state index in [4.69, 9.17) is 9.47 Å². The van der Waals surface area contributed by atoms with E-state index in [1.165, 1.54) is 14.2 Å². The Bertz CT molecular complexity index is 233. The molecular weight excluding hydrogens is 166 g/mol. The summed E-state index contributed by atoms with van der Waals surface area (Å²) in [4.78, 5) is 11.2. The van der Waals surface area contributed by atoms with Gasteiger partial charge < -0.3 is 9.47 Å². The minimum absolute atomic E-state index is 0.196. The van der Waals surface area contributed by atoms with Crippen molar-refractivity contribution >= 4 is 12.6 Å². The third-order valence-electron chi connectivity index (χ3n) is 0.948. The second kappa shape index (κ2) is 3.38. The summed E-state index contributed by atoms with van der Waals surface area (Å²) in [7, 11) is 2.92. The van der Waals surface area contributed by atoms with E-state index in [0.717, 1.165) is 0 Å². The fourth-order valence-electron chi connectivity index (χ4n) is 0.510. The minimum Gasteiger partial charge on any atom is -0.467 e. The monoisotopic (exact) mass is 173 g/mol. The highest BCUT2D eigenvalue weighted by Gasteiger charge is 2.02. The summed E-state index contributed by atoms with van der Waals surface area (Å²) in [5.41, 5.74) is 0. The molecule has 0 aliphatic carbocycles. The molecule has 1 heterocycles.